The number of hydrogen-bond acceptors (Lipinski definition) is 5. The zero-order valence-corrected chi connectivity index (χ0v) is 12.7. The molecule has 0 aliphatic rings. The van der Waals surface area contributed by atoms with Crippen LogP contribution in [0.15, 0.2) is 12.1 Å². The molecule has 0 bridgehead atoms. The molecule has 0 amide bonds. The van der Waals surface area contributed by atoms with Crippen molar-refractivity contribution in [1.82, 2.24) is 9.97 Å². The van der Waals surface area contributed by atoms with E-state index in [-0.39, 0.29) is 0 Å². The van der Waals surface area contributed by atoms with Crippen molar-refractivity contribution in [2.45, 2.75) is 33.7 Å². The van der Waals surface area contributed by atoms with E-state index in [1.165, 1.54) is 9.75 Å². The second-order valence-corrected chi connectivity index (χ2v) is 5.67. The molecule has 0 unspecified atom stereocenters. The van der Waals surface area contributed by atoms with Crippen molar-refractivity contribution in [2.24, 2.45) is 0 Å². The van der Waals surface area contributed by atoms with Crippen molar-refractivity contribution in [2.75, 3.05) is 17.7 Å². The van der Waals surface area contributed by atoms with E-state index in [0.29, 0.717) is 0 Å². The van der Waals surface area contributed by atoms with Crippen molar-refractivity contribution >= 4 is 23.0 Å². The van der Waals surface area contributed by atoms with Gasteiger partial charge in [0.05, 0.1) is 6.54 Å². The number of aryl methyl sites for hydroxylation is 2. The Hall–Kier alpha value is -1.62. The molecule has 0 saturated carbocycles. The van der Waals surface area contributed by atoms with Gasteiger partial charge in [-0.1, -0.05) is 6.92 Å². The first-order chi connectivity index (χ1) is 9.13. The maximum Gasteiger partial charge on any atom is 0.135 e. The summed E-state index contributed by atoms with van der Waals surface area (Å²) in [5, 5.41) is 6.50. The van der Waals surface area contributed by atoms with Crippen LogP contribution >= 0.6 is 11.3 Å². The largest absolute Gasteiger partial charge is 0.373 e. The van der Waals surface area contributed by atoms with Gasteiger partial charge in [-0.3, -0.25) is 0 Å². The van der Waals surface area contributed by atoms with Gasteiger partial charge in [0.1, 0.15) is 17.5 Å². The van der Waals surface area contributed by atoms with Gasteiger partial charge in [0, 0.05) is 22.4 Å². The van der Waals surface area contributed by atoms with Crippen LogP contribution in [0.1, 0.15) is 28.1 Å². The number of nitrogens with one attached hydrogen (secondary N) is 2. The molecule has 102 valence electrons. The molecule has 0 radical (unpaired) electrons. The number of thiophene rings is 1. The third kappa shape index (κ3) is 3.23. The lowest BCUT2D eigenvalue weighted by Gasteiger charge is -2.12. The predicted octanol–water partition coefficient (Wildman–Crippen LogP) is 3.37. The molecule has 0 spiro atoms. The van der Waals surface area contributed by atoms with E-state index >= 15 is 0 Å². The number of nitrogens with zero attached hydrogens (tertiary/aromatic N) is 2. The first-order valence-electron chi connectivity index (χ1n) is 6.48. The van der Waals surface area contributed by atoms with Gasteiger partial charge in [-0.25, -0.2) is 9.97 Å². The van der Waals surface area contributed by atoms with Gasteiger partial charge in [0.15, 0.2) is 0 Å². The van der Waals surface area contributed by atoms with E-state index in [2.05, 4.69) is 39.7 Å². The van der Waals surface area contributed by atoms with Gasteiger partial charge < -0.3 is 10.6 Å². The minimum Gasteiger partial charge on any atom is -0.373 e. The summed E-state index contributed by atoms with van der Waals surface area (Å²) in [6, 6.07) is 4.37. The van der Waals surface area contributed by atoms with Crippen LogP contribution in [0, 0.1) is 13.8 Å². The molecular weight excluding hydrogens is 256 g/mol. The summed E-state index contributed by atoms with van der Waals surface area (Å²) in [7, 11) is 1.88. The van der Waals surface area contributed by atoms with Gasteiger partial charge >= 0.3 is 0 Å². The molecule has 19 heavy (non-hydrogen) atoms. The lowest BCUT2D eigenvalue weighted by Crippen LogP contribution is -2.07. The second-order valence-electron chi connectivity index (χ2n) is 4.42. The minimum atomic E-state index is 0.776. The number of aromatic nitrogens is 2. The smallest absolute Gasteiger partial charge is 0.135 e. The Morgan fingerprint density at radius 2 is 1.79 bits per heavy atom. The molecule has 0 aromatic carbocycles. The standard InChI is InChI=1S/C14H20N4S/c1-5-11-6-7-12(19-11)8-16-14-9(2)13(15-4)17-10(3)18-14/h6-7H,5,8H2,1-4H3,(H2,15,16,17,18). The van der Waals surface area contributed by atoms with Gasteiger partial charge in [-0.2, -0.15) is 0 Å². The Balaban J connectivity index is 2.12. The molecule has 0 aliphatic carbocycles. The summed E-state index contributed by atoms with van der Waals surface area (Å²) < 4.78 is 0. The molecule has 4 nitrogen and oxygen atoms in total. The summed E-state index contributed by atoms with van der Waals surface area (Å²) in [4.78, 5) is 11.6. The van der Waals surface area contributed by atoms with E-state index in [1.807, 2.05) is 32.2 Å². The van der Waals surface area contributed by atoms with Gasteiger partial charge in [0.25, 0.3) is 0 Å². The zero-order valence-electron chi connectivity index (χ0n) is 11.9. The molecule has 0 saturated heterocycles. The van der Waals surface area contributed by atoms with Crippen molar-refractivity contribution in [1.29, 1.82) is 0 Å². The van der Waals surface area contributed by atoms with Gasteiger partial charge in [-0.15, -0.1) is 11.3 Å². The fourth-order valence-corrected chi connectivity index (χ4v) is 2.82. The zero-order chi connectivity index (χ0) is 13.8. The van der Waals surface area contributed by atoms with Crippen molar-refractivity contribution in [3.05, 3.63) is 33.3 Å². The number of anilines is 2. The van der Waals surface area contributed by atoms with Crippen LogP contribution in [0.25, 0.3) is 0 Å². The van der Waals surface area contributed by atoms with Crippen molar-refractivity contribution in [3.8, 4) is 0 Å². The first-order valence-corrected chi connectivity index (χ1v) is 7.30. The maximum absolute atomic E-state index is 4.47. The fourth-order valence-electron chi connectivity index (χ4n) is 1.92. The van der Waals surface area contributed by atoms with Crippen LogP contribution < -0.4 is 10.6 Å². The monoisotopic (exact) mass is 276 g/mol. The van der Waals surface area contributed by atoms with Gasteiger partial charge in [-0.05, 0) is 32.4 Å². The van der Waals surface area contributed by atoms with E-state index in [0.717, 1.165) is 36.0 Å². The predicted molar refractivity (Wildman–Crippen MR) is 82.1 cm³/mol. The van der Waals surface area contributed by atoms with Crippen LogP contribution in [-0.4, -0.2) is 17.0 Å². The fraction of sp³-hybridized carbons (Fsp3) is 0.429. The first kappa shape index (κ1) is 13.8. The molecule has 0 atom stereocenters. The summed E-state index contributed by atoms with van der Waals surface area (Å²) >= 11 is 1.85. The Labute approximate surface area is 118 Å². The highest BCUT2D eigenvalue weighted by Gasteiger charge is 2.08. The Kier molecular flexibility index (Phi) is 4.37. The van der Waals surface area contributed by atoms with Crippen molar-refractivity contribution < 1.29 is 0 Å². The number of hydrogen-bond donors (Lipinski definition) is 2. The molecule has 2 heterocycles. The SMILES string of the molecule is CCc1ccc(CNc2nc(C)nc(NC)c2C)s1. The topological polar surface area (TPSA) is 49.8 Å². The van der Waals surface area contributed by atoms with Gasteiger partial charge in [0.2, 0.25) is 0 Å². The van der Waals surface area contributed by atoms with E-state index < -0.39 is 0 Å². The summed E-state index contributed by atoms with van der Waals surface area (Å²) in [5.41, 5.74) is 1.06. The highest BCUT2D eigenvalue weighted by Crippen LogP contribution is 2.22. The molecule has 2 rings (SSSR count). The van der Waals surface area contributed by atoms with Crippen LogP contribution in [0.4, 0.5) is 11.6 Å². The maximum atomic E-state index is 4.47. The molecule has 0 fully saturated rings. The van der Waals surface area contributed by atoms with Crippen LogP contribution in [0.5, 0.6) is 0 Å². The van der Waals surface area contributed by atoms with Crippen LogP contribution in [-0.2, 0) is 13.0 Å². The second kappa shape index (κ2) is 6.02. The quantitative estimate of drug-likeness (QED) is 0.879. The lowest BCUT2D eigenvalue weighted by atomic mass is 10.3. The average Bonchev–Trinajstić information content (AvgIpc) is 2.87. The Morgan fingerprint density at radius 1 is 1.11 bits per heavy atom. The Bertz CT molecular complexity index is 563. The van der Waals surface area contributed by atoms with E-state index in [1.54, 1.807) is 0 Å². The van der Waals surface area contributed by atoms with Crippen LogP contribution in [0.3, 0.4) is 0 Å². The van der Waals surface area contributed by atoms with E-state index in [4.69, 9.17) is 0 Å². The summed E-state index contributed by atoms with van der Waals surface area (Å²) in [6.45, 7) is 6.93. The molecule has 2 aromatic heterocycles. The highest BCUT2D eigenvalue weighted by atomic mass is 32.1. The third-order valence-corrected chi connectivity index (χ3v) is 4.22. The molecule has 5 heteroatoms. The highest BCUT2D eigenvalue weighted by molar-refractivity contribution is 7.12. The van der Waals surface area contributed by atoms with E-state index in [9.17, 15) is 0 Å². The number of rotatable bonds is 5. The molecule has 2 N–H and O–H groups in total. The molecule has 2 aromatic rings. The summed E-state index contributed by atoms with van der Waals surface area (Å²) in [6.07, 6.45) is 1.10. The Morgan fingerprint density at radius 3 is 2.42 bits per heavy atom. The molecular formula is C14H20N4S. The molecule has 0 aliphatic heterocycles. The lowest BCUT2D eigenvalue weighted by molar-refractivity contribution is 1.01. The third-order valence-electron chi connectivity index (χ3n) is 2.99. The summed E-state index contributed by atoms with van der Waals surface area (Å²) in [5.74, 6) is 2.57. The van der Waals surface area contributed by atoms with Crippen molar-refractivity contribution in [3.63, 3.8) is 0 Å². The average molecular weight is 276 g/mol. The van der Waals surface area contributed by atoms with Crippen LogP contribution in [0.2, 0.25) is 0 Å². The minimum absolute atomic E-state index is 0.776. The normalized spacial score (nSPS) is 10.5.